The predicted octanol–water partition coefficient (Wildman–Crippen LogP) is 0.389. The van der Waals surface area contributed by atoms with E-state index in [9.17, 15) is 44.1 Å². The largest absolute Gasteiger partial charge is 0.508 e. The van der Waals surface area contributed by atoms with E-state index in [2.05, 4.69) is 25.5 Å². The van der Waals surface area contributed by atoms with Gasteiger partial charge in [-0.15, -0.1) is 16.9 Å². The summed E-state index contributed by atoms with van der Waals surface area (Å²) in [5.74, 6) is -6.56. The molecule has 56 heavy (non-hydrogen) atoms. The van der Waals surface area contributed by atoms with Crippen molar-refractivity contribution in [3.05, 3.63) is 77.1 Å². The number of β-lactam (4-membered cyclic amide) rings is 1. The zero-order valence-electron chi connectivity index (χ0n) is 29.7. The lowest BCUT2D eigenvalue weighted by Crippen LogP contribution is -2.72. The summed E-state index contributed by atoms with van der Waals surface area (Å²) in [6, 6.07) is 7.04. The summed E-state index contributed by atoms with van der Waals surface area (Å²) >= 11 is 2.28. The van der Waals surface area contributed by atoms with E-state index in [1.54, 1.807) is 7.05 Å². The van der Waals surface area contributed by atoms with Gasteiger partial charge in [-0.05, 0) is 64.9 Å². The van der Waals surface area contributed by atoms with Crippen LogP contribution in [0.25, 0.3) is 11.4 Å². The Bertz CT molecular complexity index is 2280. The van der Waals surface area contributed by atoms with Crippen LogP contribution in [0.3, 0.4) is 0 Å². The minimum atomic E-state index is -1.55. The van der Waals surface area contributed by atoms with E-state index < -0.39 is 70.4 Å². The second-order valence-corrected chi connectivity index (χ2v) is 14.6. The third-order valence-corrected chi connectivity index (χ3v) is 11.2. The molecule has 290 valence electrons. The molecule has 4 aromatic rings. The lowest BCUT2D eigenvalue weighted by atomic mass is 9.98. The lowest BCUT2D eigenvalue weighted by molar-refractivity contribution is -0.157. The first-order chi connectivity index (χ1) is 26.6. The van der Waals surface area contributed by atoms with Gasteiger partial charge in [-0.3, -0.25) is 33.8 Å². The fourth-order valence-electron chi connectivity index (χ4n) is 5.93. The fourth-order valence-corrected chi connectivity index (χ4v) is 8.31. The quantitative estimate of drug-likeness (QED) is 0.101. The van der Waals surface area contributed by atoms with E-state index in [0.717, 1.165) is 39.5 Å². The topological polar surface area (TPSA) is 294 Å². The molecule has 0 spiro atoms. The number of nitrogens with two attached hydrogens (primary N) is 2. The van der Waals surface area contributed by atoms with Crippen LogP contribution in [0.15, 0.2) is 71.2 Å². The molecule has 6 rings (SSSR count). The summed E-state index contributed by atoms with van der Waals surface area (Å²) in [6.45, 7) is 2.65. The van der Waals surface area contributed by atoms with E-state index in [0.29, 0.717) is 21.2 Å². The van der Waals surface area contributed by atoms with E-state index >= 15 is 0 Å². The SMILES string of the molecule is CC(=O)N(C(=O)[C@@H](C)N)c1ccc(-c2ncc(C(=O)N(C(=O)C(N)c3ccc(O)cc3)C3C(=O)N4C(C(=O)O)=C(CSc5nnnn5C)CS[C@@H]34)c(O)n2)cc1. The van der Waals surface area contributed by atoms with Gasteiger partial charge >= 0.3 is 5.97 Å². The zero-order chi connectivity index (χ0) is 40.6. The Hall–Kier alpha value is -6.23. The van der Waals surface area contributed by atoms with Crippen molar-refractivity contribution in [3.8, 4) is 23.0 Å². The molecule has 0 bridgehead atoms. The van der Waals surface area contributed by atoms with Crippen molar-refractivity contribution in [2.75, 3.05) is 16.4 Å². The van der Waals surface area contributed by atoms with E-state index in [-0.39, 0.29) is 40.0 Å². The summed E-state index contributed by atoms with van der Waals surface area (Å²) in [5, 5.41) is 41.6. The van der Waals surface area contributed by atoms with Crippen LogP contribution in [0.5, 0.6) is 11.6 Å². The molecule has 2 aromatic heterocycles. The molecule has 4 atom stereocenters. The molecule has 7 N–H and O–H groups in total. The number of aryl methyl sites for hydroxylation is 1. The van der Waals surface area contributed by atoms with Crippen molar-refractivity contribution in [1.29, 1.82) is 0 Å². The minimum Gasteiger partial charge on any atom is -0.508 e. The number of anilines is 1. The van der Waals surface area contributed by atoms with Gasteiger partial charge < -0.3 is 26.8 Å². The Morgan fingerprint density at radius 3 is 2.29 bits per heavy atom. The van der Waals surface area contributed by atoms with Crippen LogP contribution in [0.4, 0.5) is 5.69 Å². The molecule has 0 saturated carbocycles. The molecular formula is C34H33N11O9S2. The average Bonchev–Trinajstić information content (AvgIpc) is 3.59. The van der Waals surface area contributed by atoms with Crippen LogP contribution < -0.4 is 16.4 Å². The number of fused-ring (bicyclic) bond motifs is 1. The fraction of sp³-hybridized carbons (Fsp3) is 0.265. The summed E-state index contributed by atoms with van der Waals surface area (Å²) < 4.78 is 1.40. The normalized spacial score (nSPS) is 17.4. The van der Waals surface area contributed by atoms with Crippen LogP contribution in [0.1, 0.15) is 35.8 Å². The number of nitrogens with zero attached hydrogens (tertiary/aromatic N) is 9. The molecule has 0 aliphatic carbocycles. The van der Waals surface area contributed by atoms with Gasteiger partial charge in [0, 0.05) is 37.2 Å². The predicted molar refractivity (Wildman–Crippen MR) is 198 cm³/mol. The number of carboxylic acid groups (broad SMARTS) is 1. The number of thioether (sulfide) groups is 2. The number of phenols is 1. The number of carbonyl (C=O) groups is 6. The number of aromatic hydroxyl groups is 2. The van der Waals surface area contributed by atoms with Gasteiger partial charge in [0.2, 0.25) is 22.9 Å². The molecule has 1 fully saturated rings. The number of aliphatic carboxylic acids is 1. The maximum atomic E-state index is 14.3. The van der Waals surface area contributed by atoms with Gasteiger partial charge in [0.1, 0.15) is 34.5 Å². The van der Waals surface area contributed by atoms with Crippen molar-refractivity contribution in [2.24, 2.45) is 18.5 Å². The maximum Gasteiger partial charge on any atom is 0.352 e. The van der Waals surface area contributed by atoms with Gasteiger partial charge in [-0.2, -0.15) is 4.98 Å². The number of hydrogen-bond donors (Lipinski definition) is 5. The Balaban J connectivity index is 1.32. The number of carboxylic acids is 1. The number of benzene rings is 2. The van der Waals surface area contributed by atoms with Crippen LogP contribution in [-0.4, -0.2) is 120 Å². The molecule has 22 heteroatoms. The number of carbonyl (C=O) groups excluding carboxylic acids is 5. The lowest BCUT2D eigenvalue weighted by Gasteiger charge is -2.52. The Kier molecular flexibility index (Phi) is 11.2. The monoisotopic (exact) mass is 803 g/mol. The third-order valence-electron chi connectivity index (χ3n) is 8.74. The van der Waals surface area contributed by atoms with Crippen LogP contribution >= 0.6 is 23.5 Å². The van der Waals surface area contributed by atoms with E-state index in [4.69, 9.17) is 11.5 Å². The highest BCUT2D eigenvalue weighted by atomic mass is 32.2. The smallest absolute Gasteiger partial charge is 0.352 e. The molecular weight excluding hydrogens is 771 g/mol. The number of amides is 5. The highest BCUT2D eigenvalue weighted by Crippen LogP contribution is 2.44. The first-order valence-electron chi connectivity index (χ1n) is 16.5. The number of phenolic OH excluding ortho intramolecular Hbond substituents is 1. The first-order valence-corrected chi connectivity index (χ1v) is 18.6. The van der Waals surface area contributed by atoms with Crippen LogP contribution in [0.2, 0.25) is 0 Å². The molecule has 2 aliphatic rings. The molecule has 2 aromatic carbocycles. The summed E-state index contributed by atoms with van der Waals surface area (Å²) in [6.07, 6.45) is 0.954. The molecule has 0 radical (unpaired) electrons. The standard InChI is InChI=1S/C34H33N11O9S2/c1-15(35)28(49)43(16(2)46)20-8-4-18(5-9-20)26-37-12-22(27(48)38-26)29(50)44(30(51)23(36)17-6-10-21(47)11-7-17)25-31(52)45-24(33(53)54)19(13-55-32(25)45)14-56-34-39-40-41-42(34)3/h4-12,15,23,25,32,47H,13-14,35-36H2,1-3H3,(H,53,54)(H,37,38,48)/t15-,23?,25?,32+/m1/s1. The molecule has 1 saturated heterocycles. The van der Waals surface area contributed by atoms with Crippen LogP contribution in [-0.2, 0) is 31.0 Å². The molecule has 5 amide bonds. The maximum absolute atomic E-state index is 14.3. The number of rotatable bonds is 11. The Morgan fingerprint density at radius 2 is 1.71 bits per heavy atom. The summed E-state index contributed by atoms with van der Waals surface area (Å²) in [7, 11) is 1.61. The number of imide groups is 2. The van der Waals surface area contributed by atoms with Gasteiger partial charge in [0.15, 0.2) is 5.82 Å². The van der Waals surface area contributed by atoms with E-state index in [1.807, 2.05) is 0 Å². The molecule has 2 unspecified atom stereocenters. The second kappa shape index (κ2) is 15.9. The summed E-state index contributed by atoms with van der Waals surface area (Å²) in [4.78, 5) is 90.4. The average molecular weight is 804 g/mol. The van der Waals surface area contributed by atoms with Crippen molar-refractivity contribution >= 4 is 64.7 Å². The second-order valence-electron chi connectivity index (χ2n) is 12.5. The number of hydrogen-bond acceptors (Lipinski definition) is 17. The van der Waals surface area contributed by atoms with Crippen molar-refractivity contribution < 1.29 is 44.1 Å². The zero-order valence-corrected chi connectivity index (χ0v) is 31.3. The minimum absolute atomic E-state index is 0.0790. The Labute approximate surface area is 325 Å². The highest BCUT2D eigenvalue weighted by Gasteiger charge is 2.59. The molecule has 2 aliphatic heterocycles. The molecule has 4 heterocycles. The van der Waals surface area contributed by atoms with Gasteiger partial charge in [-0.25, -0.2) is 19.4 Å². The van der Waals surface area contributed by atoms with Crippen LogP contribution in [0, 0.1) is 0 Å². The first kappa shape index (κ1) is 39.5. The van der Waals surface area contributed by atoms with Crippen molar-refractivity contribution in [3.63, 3.8) is 0 Å². The van der Waals surface area contributed by atoms with Crippen molar-refractivity contribution in [2.45, 2.75) is 42.5 Å². The van der Waals surface area contributed by atoms with Gasteiger partial charge in [-0.1, -0.05) is 23.9 Å². The summed E-state index contributed by atoms with van der Waals surface area (Å²) in [5.41, 5.74) is 12.2. The number of tetrazole rings is 1. The number of aromatic nitrogens is 6. The highest BCUT2D eigenvalue weighted by molar-refractivity contribution is 8.01. The Morgan fingerprint density at radius 1 is 1.04 bits per heavy atom. The van der Waals surface area contributed by atoms with Crippen molar-refractivity contribution in [1.82, 2.24) is 40.0 Å². The molecule has 20 nitrogen and oxygen atoms in total. The van der Waals surface area contributed by atoms with Gasteiger partial charge in [0.25, 0.3) is 17.7 Å². The van der Waals surface area contributed by atoms with E-state index in [1.165, 1.54) is 67.1 Å². The van der Waals surface area contributed by atoms with Gasteiger partial charge in [0.05, 0.1) is 11.7 Å². The third kappa shape index (κ3) is 7.41.